The van der Waals surface area contributed by atoms with E-state index in [0.717, 1.165) is 12.0 Å². The first-order valence-electron chi connectivity index (χ1n) is 8.93. The van der Waals surface area contributed by atoms with E-state index in [0.29, 0.717) is 0 Å². The van der Waals surface area contributed by atoms with E-state index in [1.807, 2.05) is 20.6 Å². The van der Waals surface area contributed by atoms with E-state index in [2.05, 4.69) is 11.8 Å². The van der Waals surface area contributed by atoms with Crippen LogP contribution < -0.4 is 0 Å². The number of hydrogen-bond donors (Lipinski definition) is 0. The highest BCUT2D eigenvalue weighted by Gasteiger charge is 2.26. The van der Waals surface area contributed by atoms with Crippen LogP contribution in [0.4, 0.5) is 0 Å². The minimum absolute atomic E-state index is 0.957. The third-order valence-corrected chi connectivity index (χ3v) is 4.69. The van der Waals surface area contributed by atoms with Crippen molar-refractivity contribution >= 4 is 6.79 Å². The Kier molecular flexibility index (Phi) is 13.4. The molecule has 0 bridgehead atoms. The molecule has 0 aromatic carbocycles. The topological polar surface area (TPSA) is 20.3 Å². The summed E-state index contributed by atoms with van der Waals surface area (Å²) in [5.41, 5.74) is 0. The van der Waals surface area contributed by atoms with Gasteiger partial charge in [0.2, 0.25) is 0 Å². The van der Waals surface area contributed by atoms with Gasteiger partial charge in [-0.2, -0.15) is 0 Å². The fraction of sp³-hybridized carbons (Fsp3) is 0.944. The molecule has 0 aromatic rings. The monoisotopic (exact) mass is 283 g/mol. The van der Waals surface area contributed by atoms with Gasteiger partial charge in [-0.25, -0.2) is 0 Å². The molecule has 2 aliphatic rings. The number of rotatable bonds is 4. The summed E-state index contributed by atoms with van der Waals surface area (Å²) in [5.74, 6) is 1.07. The first-order chi connectivity index (χ1) is 9.90. The molecule has 20 heavy (non-hydrogen) atoms. The molecule has 1 saturated carbocycles. The standard InChI is InChI=1S/C15H29N.C2H6.CH2O/c1-2-3-7-14-8-10-15(11-9-14)16-12-5-4-6-13-16;2*1-2/h14-15H,2-13H2,1H3;1-2H3;1H2. The summed E-state index contributed by atoms with van der Waals surface area (Å²) in [6.07, 6.45) is 14.7. The molecule has 0 unspecified atom stereocenters. The van der Waals surface area contributed by atoms with Crippen molar-refractivity contribution in [1.29, 1.82) is 0 Å². The molecule has 2 heteroatoms. The van der Waals surface area contributed by atoms with Crippen LogP contribution in [0.5, 0.6) is 0 Å². The van der Waals surface area contributed by atoms with Gasteiger partial charge in [0.15, 0.2) is 0 Å². The van der Waals surface area contributed by atoms with Crippen LogP contribution in [0.2, 0.25) is 0 Å². The normalized spacial score (nSPS) is 26.8. The fourth-order valence-electron chi connectivity index (χ4n) is 3.57. The summed E-state index contributed by atoms with van der Waals surface area (Å²) in [6, 6.07) is 0.957. The fourth-order valence-corrected chi connectivity index (χ4v) is 3.57. The van der Waals surface area contributed by atoms with Crippen molar-refractivity contribution in [3.8, 4) is 0 Å². The predicted molar refractivity (Wildman–Crippen MR) is 89.2 cm³/mol. The summed E-state index contributed by atoms with van der Waals surface area (Å²) < 4.78 is 0. The average Bonchev–Trinajstić information content (AvgIpc) is 2.58. The summed E-state index contributed by atoms with van der Waals surface area (Å²) in [5, 5.41) is 0. The van der Waals surface area contributed by atoms with E-state index in [1.54, 1.807) is 0 Å². The smallest absolute Gasteiger partial charge is 0.106 e. The Morgan fingerprint density at radius 1 is 0.950 bits per heavy atom. The van der Waals surface area contributed by atoms with Gasteiger partial charge in [-0.15, -0.1) is 0 Å². The van der Waals surface area contributed by atoms with Crippen LogP contribution in [-0.4, -0.2) is 30.8 Å². The molecule has 0 amide bonds. The second-order valence-corrected chi connectivity index (χ2v) is 5.91. The molecule has 0 N–H and O–H groups in total. The Bertz CT molecular complexity index is 194. The van der Waals surface area contributed by atoms with E-state index < -0.39 is 0 Å². The van der Waals surface area contributed by atoms with E-state index in [-0.39, 0.29) is 0 Å². The van der Waals surface area contributed by atoms with E-state index >= 15 is 0 Å². The number of carbonyl (C=O) groups is 1. The summed E-state index contributed by atoms with van der Waals surface area (Å²) in [7, 11) is 0. The molecule has 1 saturated heterocycles. The molecule has 2 fully saturated rings. The van der Waals surface area contributed by atoms with Crippen LogP contribution >= 0.6 is 0 Å². The lowest BCUT2D eigenvalue weighted by atomic mass is 9.82. The lowest BCUT2D eigenvalue weighted by Gasteiger charge is -2.39. The predicted octanol–water partition coefficient (Wildman–Crippen LogP) is 5.06. The van der Waals surface area contributed by atoms with Crippen molar-refractivity contribution in [2.75, 3.05) is 13.1 Å². The highest BCUT2D eigenvalue weighted by atomic mass is 16.1. The molecule has 0 atom stereocenters. The molecule has 1 heterocycles. The molecule has 0 spiro atoms. The van der Waals surface area contributed by atoms with Gasteiger partial charge in [0.1, 0.15) is 6.79 Å². The van der Waals surface area contributed by atoms with E-state index in [1.165, 1.54) is 77.3 Å². The van der Waals surface area contributed by atoms with Crippen molar-refractivity contribution in [1.82, 2.24) is 4.90 Å². The van der Waals surface area contributed by atoms with Gasteiger partial charge in [-0.05, 0) is 57.5 Å². The Morgan fingerprint density at radius 3 is 2.00 bits per heavy atom. The number of nitrogens with zero attached hydrogens (tertiary/aromatic N) is 1. The summed E-state index contributed by atoms with van der Waals surface area (Å²) in [4.78, 5) is 10.8. The molecule has 120 valence electrons. The number of carbonyl (C=O) groups excluding carboxylic acids is 1. The van der Waals surface area contributed by atoms with Crippen LogP contribution in [0.3, 0.4) is 0 Å². The first-order valence-corrected chi connectivity index (χ1v) is 8.93. The van der Waals surface area contributed by atoms with Crippen molar-refractivity contribution < 1.29 is 4.79 Å². The van der Waals surface area contributed by atoms with Crippen molar-refractivity contribution in [3.63, 3.8) is 0 Å². The Balaban J connectivity index is 0.000000829. The van der Waals surface area contributed by atoms with Gasteiger partial charge < -0.3 is 9.69 Å². The number of hydrogen-bond acceptors (Lipinski definition) is 2. The Hall–Kier alpha value is -0.370. The highest BCUT2D eigenvalue weighted by Crippen LogP contribution is 2.31. The number of unbranched alkanes of at least 4 members (excludes halogenated alkanes) is 1. The molecule has 2 rings (SSSR count). The van der Waals surface area contributed by atoms with Gasteiger partial charge in [0.05, 0.1) is 0 Å². The first kappa shape index (κ1) is 19.6. The summed E-state index contributed by atoms with van der Waals surface area (Å²) in [6.45, 7) is 11.1. The zero-order chi connectivity index (χ0) is 15.2. The van der Waals surface area contributed by atoms with Crippen molar-refractivity contribution in [2.24, 2.45) is 5.92 Å². The van der Waals surface area contributed by atoms with Gasteiger partial charge in [-0.3, -0.25) is 0 Å². The minimum atomic E-state index is 0.957. The maximum atomic E-state index is 8.00. The summed E-state index contributed by atoms with van der Waals surface area (Å²) >= 11 is 0. The molecule has 0 radical (unpaired) electrons. The molecule has 2 nitrogen and oxygen atoms in total. The SMILES string of the molecule is C=O.CC.CCCCC1CCC(N2CCCCC2)CC1. The third-order valence-electron chi connectivity index (χ3n) is 4.69. The van der Waals surface area contributed by atoms with E-state index in [9.17, 15) is 0 Å². The molecule has 1 aliphatic heterocycles. The second-order valence-electron chi connectivity index (χ2n) is 5.91. The molecule has 0 aromatic heterocycles. The van der Waals surface area contributed by atoms with Crippen molar-refractivity contribution in [3.05, 3.63) is 0 Å². The van der Waals surface area contributed by atoms with Crippen LogP contribution in [0.15, 0.2) is 0 Å². The highest BCUT2D eigenvalue weighted by molar-refractivity contribution is 5.11. The van der Waals surface area contributed by atoms with Gasteiger partial charge in [0, 0.05) is 6.04 Å². The van der Waals surface area contributed by atoms with Crippen LogP contribution in [0.1, 0.15) is 85.0 Å². The maximum Gasteiger partial charge on any atom is 0.106 e. The van der Waals surface area contributed by atoms with Gasteiger partial charge in [-0.1, -0.05) is 46.5 Å². The third kappa shape index (κ3) is 7.42. The maximum absolute atomic E-state index is 8.00. The zero-order valence-corrected chi connectivity index (χ0v) is 14.2. The average molecular weight is 284 g/mol. The van der Waals surface area contributed by atoms with Gasteiger partial charge in [0.25, 0.3) is 0 Å². The lowest BCUT2D eigenvalue weighted by Crippen LogP contribution is -2.41. The van der Waals surface area contributed by atoms with Crippen LogP contribution in [-0.2, 0) is 4.79 Å². The number of likely N-dealkylation sites (tertiary alicyclic amines) is 1. The lowest BCUT2D eigenvalue weighted by molar-refractivity contribution is -0.0979. The largest absolute Gasteiger partial charge is 0.307 e. The molecular weight excluding hydrogens is 246 g/mol. The molecule has 1 aliphatic carbocycles. The quantitative estimate of drug-likeness (QED) is 0.718. The Morgan fingerprint density at radius 2 is 1.50 bits per heavy atom. The van der Waals surface area contributed by atoms with Crippen LogP contribution in [0.25, 0.3) is 0 Å². The Labute approximate surface area is 127 Å². The van der Waals surface area contributed by atoms with Crippen molar-refractivity contribution in [2.45, 2.75) is 91.0 Å². The zero-order valence-electron chi connectivity index (χ0n) is 14.2. The van der Waals surface area contributed by atoms with E-state index in [4.69, 9.17) is 4.79 Å². The van der Waals surface area contributed by atoms with Gasteiger partial charge >= 0.3 is 0 Å². The molecular formula is C18H37NO. The second kappa shape index (κ2) is 13.6. The minimum Gasteiger partial charge on any atom is -0.307 e. The number of piperidine rings is 1. The van der Waals surface area contributed by atoms with Crippen LogP contribution in [0, 0.1) is 5.92 Å².